The average Bonchev–Trinajstić information content (AvgIpc) is 2.59. The van der Waals surface area contributed by atoms with Gasteiger partial charge in [-0.15, -0.1) is 0 Å². The van der Waals surface area contributed by atoms with E-state index in [1.54, 1.807) is 12.1 Å². The minimum absolute atomic E-state index is 0.0535. The van der Waals surface area contributed by atoms with E-state index in [9.17, 15) is 10.1 Å². The van der Waals surface area contributed by atoms with E-state index in [2.05, 4.69) is 20.9 Å². The smallest absolute Gasteiger partial charge is 0.313 e. The molecule has 0 aliphatic rings. The second-order valence-electron chi connectivity index (χ2n) is 2.62. The van der Waals surface area contributed by atoms with Gasteiger partial charge in [0.2, 0.25) is 11.5 Å². The van der Waals surface area contributed by atoms with Gasteiger partial charge in [-0.1, -0.05) is 22.0 Å². The summed E-state index contributed by atoms with van der Waals surface area (Å²) in [5.74, 6) is 0.439. The van der Waals surface area contributed by atoms with Crippen LogP contribution in [0.3, 0.4) is 0 Å². The maximum atomic E-state index is 10.6. The zero-order chi connectivity index (χ0) is 10.1. The largest absolute Gasteiger partial charge is 0.432 e. The Kier molecular flexibility index (Phi) is 2.20. The van der Waals surface area contributed by atoms with Crippen LogP contribution in [0.5, 0.6) is 0 Å². The molecule has 0 atom stereocenters. The first-order valence-electron chi connectivity index (χ1n) is 3.81. The molecule has 0 saturated carbocycles. The highest BCUT2D eigenvalue weighted by molar-refractivity contribution is 9.08. The lowest BCUT2D eigenvalue weighted by atomic mass is 10.3. The summed E-state index contributed by atoms with van der Waals surface area (Å²) in [6, 6.07) is 4.66. The molecule has 0 amide bonds. The molecule has 0 bridgehead atoms. The van der Waals surface area contributed by atoms with Crippen LogP contribution in [0.1, 0.15) is 5.89 Å². The molecule has 0 aliphatic carbocycles. The van der Waals surface area contributed by atoms with E-state index >= 15 is 0 Å². The topological polar surface area (TPSA) is 69.2 Å². The van der Waals surface area contributed by atoms with E-state index in [1.165, 1.54) is 6.07 Å². The van der Waals surface area contributed by atoms with E-state index < -0.39 is 4.92 Å². The Morgan fingerprint density at radius 1 is 1.57 bits per heavy atom. The molecular formula is C8H5BrN2O3. The third kappa shape index (κ3) is 1.37. The molecule has 5 nitrogen and oxygen atoms in total. The highest BCUT2D eigenvalue weighted by atomic mass is 79.9. The van der Waals surface area contributed by atoms with Crippen LogP contribution < -0.4 is 0 Å². The van der Waals surface area contributed by atoms with E-state index in [-0.39, 0.29) is 11.3 Å². The lowest BCUT2D eigenvalue weighted by molar-refractivity contribution is -0.383. The number of fused-ring (bicyclic) bond motifs is 1. The van der Waals surface area contributed by atoms with Crippen LogP contribution in [-0.2, 0) is 5.33 Å². The molecule has 1 aromatic heterocycles. The van der Waals surface area contributed by atoms with E-state index in [0.29, 0.717) is 16.7 Å². The molecule has 2 aromatic rings. The van der Waals surface area contributed by atoms with Crippen molar-refractivity contribution >= 4 is 32.7 Å². The molecule has 14 heavy (non-hydrogen) atoms. The number of halogens is 1. The van der Waals surface area contributed by atoms with Crippen LogP contribution in [0.15, 0.2) is 22.6 Å². The van der Waals surface area contributed by atoms with E-state index in [0.717, 1.165) is 0 Å². The molecule has 6 heteroatoms. The van der Waals surface area contributed by atoms with Crippen molar-refractivity contribution in [3.63, 3.8) is 0 Å². The summed E-state index contributed by atoms with van der Waals surface area (Å²) in [6.45, 7) is 0. The Hall–Kier alpha value is -1.43. The number of nitrogens with zero attached hydrogens (tertiary/aromatic N) is 2. The second-order valence-corrected chi connectivity index (χ2v) is 3.18. The Labute approximate surface area is 87.0 Å². The molecule has 72 valence electrons. The maximum Gasteiger partial charge on any atom is 0.313 e. The van der Waals surface area contributed by atoms with Crippen molar-refractivity contribution < 1.29 is 9.34 Å². The number of rotatable bonds is 2. The molecule has 0 radical (unpaired) electrons. The van der Waals surface area contributed by atoms with Crippen molar-refractivity contribution in [3.8, 4) is 0 Å². The fraction of sp³-hybridized carbons (Fsp3) is 0.125. The van der Waals surface area contributed by atoms with Gasteiger partial charge in [-0.3, -0.25) is 10.1 Å². The summed E-state index contributed by atoms with van der Waals surface area (Å²) < 4.78 is 5.21. The molecule has 0 N–H and O–H groups in total. The number of non-ortho nitro benzene ring substituents is 1. The number of benzene rings is 1. The van der Waals surface area contributed by atoms with Crippen molar-refractivity contribution in [3.05, 3.63) is 34.2 Å². The van der Waals surface area contributed by atoms with Gasteiger partial charge in [-0.05, 0) is 6.07 Å². The predicted molar refractivity (Wildman–Crippen MR) is 53.3 cm³/mol. The number of nitro benzene ring substituents is 1. The minimum atomic E-state index is -0.481. The maximum absolute atomic E-state index is 10.6. The number of hydrogen-bond donors (Lipinski definition) is 0. The first kappa shape index (κ1) is 9.14. The number of nitro groups is 1. The summed E-state index contributed by atoms with van der Waals surface area (Å²) >= 11 is 3.17. The zero-order valence-electron chi connectivity index (χ0n) is 6.94. The van der Waals surface area contributed by atoms with Crippen molar-refractivity contribution in [2.45, 2.75) is 5.33 Å². The molecule has 0 spiro atoms. The van der Waals surface area contributed by atoms with Crippen LogP contribution in [0, 0.1) is 10.1 Å². The second kappa shape index (κ2) is 3.38. The van der Waals surface area contributed by atoms with Gasteiger partial charge >= 0.3 is 5.69 Å². The number of oxazole rings is 1. The summed E-state index contributed by atoms with van der Waals surface area (Å²) in [7, 11) is 0. The van der Waals surface area contributed by atoms with Gasteiger partial charge < -0.3 is 4.42 Å². The fourth-order valence-corrected chi connectivity index (χ4v) is 1.42. The highest BCUT2D eigenvalue weighted by Crippen LogP contribution is 2.26. The molecular weight excluding hydrogens is 252 g/mol. The third-order valence-electron chi connectivity index (χ3n) is 1.75. The van der Waals surface area contributed by atoms with Crippen molar-refractivity contribution in [1.82, 2.24) is 4.98 Å². The van der Waals surface area contributed by atoms with Gasteiger partial charge in [-0.25, -0.2) is 4.98 Å². The van der Waals surface area contributed by atoms with Crippen molar-refractivity contribution in [1.29, 1.82) is 0 Å². The van der Waals surface area contributed by atoms with E-state index in [1.807, 2.05) is 0 Å². The quantitative estimate of drug-likeness (QED) is 0.471. The number of hydrogen-bond acceptors (Lipinski definition) is 4. The Morgan fingerprint density at radius 3 is 3.00 bits per heavy atom. The van der Waals surface area contributed by atoms with Crippen molar-refractivity contribution in [2.24, 2.45) is 0 Å². The summed E-state index contributed by atoms with van der Waals surface area (Å²) in [5.41, 5.74) is 0.683. The molecule has 1 heterocycles. The zero-order valence-corrected chi connectivity index (χ0v) is 8.52. The fourth-order valence-electron chi connectivity index (χ4n) is 1.18. The SMILES string of the molecule is O=[N+]([O-])c1cccc2nc(CBr)oc12. The molecule has 0 saturated heterocycles. The average molecular weight is 257 g/mol. The summed E-state index contributed by atoms with van der Waals surface area (Å²) in [6.07, 6.45) is 0. The monoisotopic (exact) mass is 256 g/mol. The van der Waals surface area contributed by atoms with Gasteiger partial charge in [0.05, 0.1) is 10.3 Å². The number of alkyl halides is 1. The molecule has 2 rings (SSSR count). The van der Waals surface area contributed by atoms with Crippen molar-refractivity contribution in [2.75, 3.05) is 0 Å². The Balaban J connectivity index is 2.73. The molecule has 1 aromatic carbocycles. The van der Waals surface area contributed by atoms with Crippen LogP contribution in [-0.4, -0.2) is 9.91 Å². The highest BCUT2D eigenvalue weighted by Gasteiger charge is 2.16. The van der Waals surface area contributed by atoms with Crippen LogP contribution in [0.4, 0.5) is 5.69 Å². The van der Waals surface area contributed by atoms with Crippen LogP contribution >= 0.6 is 15.9 Å². The van der Waals surface area contributed by atoms with Gasteiger partial charge in [0, 0.05) is 6.07 Å². The van der Waals surface area contributed by atoms with Crippen LogP contribution in [0.25, 0.3) is 11.1 Å². The Bertz CT molecular complexity index is 494. The Morgan fingerprint density at radius 2 is 2.36 bits per heavy atom. The third-order valence-corrected chi connectivity index (χ3v) is 2.23. The first-order valence-corrected chi connectivity index (χ1v) is 4.93. The van der Waals surface area contributed by atoms with Gasteiger partial charge in [0.15, 0.2) is 0 Å². The number of para-hydroxylation sites is 1. The molecule has 0 unspecified atom stereocenters. The van der Waals surface area contributed by atoms with Gasteiger partial charge in [0.1, 0.15) is 5.52 Å². The van der Waals surface area contributed by atoms with Gasteiger partial charge in [0.25, 0.3) is 0 Å². The lowest BCUT2D eigenvalue weighted by Crippen LogP contribution is -1.87. The van der Waals surface area contributed by atoms with Crippen LogP contribution in [0.2, 0.25) is 0 Å². The normalized spacial score (nSPS) is 10.6. The summed E-state index contributed by atoms with van der Waals surface area (Å²) in [4.78, 5) is 14.2. The molecule has 0 fully saturated rings. The van der Waals surface area contributed by atoms with E-state index in [4.69, 9.17) is 4.42 Å². The standard InChI is InChI=1S/C8H5BrN2O3/c9-4-7-10-5-2-1-3-6(11(12)13)8(5)14-7/h1-3H,4H2. The molecule has 0 aliphatic heterocycles. The number of aromatic nitrogens is 1. The first-order chi connectivity index (χ1) is 6.72. The minimum Gasteiger partial charge on any atom is -0.432 e. The van der Waals surface area contributed by atoms with Gasteiger partial charge in [-0.2, -0.15) is 0 Å². The lowest BCUT2D eigenvalue weighted by Gasteiger charge is -1.89. The predicted octanol–water partition coefficient (Wildman–Crippen LogP) is 2.63. The summed E-state index contributed by atoms with van der Waals surface area (Å²) in [5, 5.41) is 11.1.